The first-order valence-corrected chi connectivity index (χ1v) is 6.96. The summed E-state index contributed by atoms with van der Waals surface area (Å²) in [5, 5.41) is 9.48. The van der Waals surface area contributed by atoms with E-state index in [9.17, 15) is 9.59 Å². The average Bonchev–Trinajstić information content (AvgIpc) is 2.44. The molecule has 0 unspecified atom stereocenters. The van der Waals surface area contributed by atoms with Crippen LogP contribution in [0.5, 0.6) is 0 Å². The van der Waals surface area contributed by atoms with Gasteiger partial charge in [0.05, 0.1) is 0 Å². The summed E-state index contributed by atoms with van der Waals surface area (Å²) in [6.45, 7) is 0.316. The first-order chi connectivity index (χ1) is 9.92. The van der Waals surface area contributed by atoms with Gasteiger partial charge >= 0.3 is 5.97 Å². The molecule has 21 heavy (non-hydrogen) atoms. The van der Waals surface area contributed by atoms with Gasteiger partial charge in [-0.3, -0.25) is 14.5 Å². The van der Waals surface area contributed by atoms with Crippen molar-refractivity contribution in [1.82, 2.24) is 0 Å². The van der Waals surface area contributed by atoms with Gasteiger partial charge in [0.15, 0.2) is 0 Å². The Morgan fingerprint density at radius 3 is 2.62 bits per heavy atom. The third kappa shape index (κ3) is 3.72. The summed E-state index contributed by atoms with van der Waals surface area (Å²) in [6.07, 6.45) is 0.727. The number of ether oxygens (including phenoxy) is 1. The van der Waals surface area contributed by atoms with Crippen LogP contribution in [0.1, 0.15) is 12.8 Å². The molecule has 0 aliphatic carbocycles. The Kier molecular flexibility index (Phi) is 4.82. The summed E-state index contributed by atoms with van der Waals surface area (Å²) in [5.74, 6) is -1.53. The number of halogens is 1. The van der Waals surface area contributed by atoms with Crippen LogP contribution in [-0.4, -0.2) is 42.3 Å². The van der Waals surface area contributed by atoms with Crippen molar-refractivity contribution in [2.45, 2.75) is 18.4 Å². The molecule has 7 heteroatoms. The van der Waals surface area contributed by atoms with Gasteiger partial charge in [-0.15, -0.1) is 0 Å². The zero-order valence-corrected chi connectivity index (χ0v) is 12.2. The number of anilines is 1. The zero-order chi connectivity index (χ0) is 15.5. The van der Waals surface area contributed by atoms with E-state index in [-0.39, 0.29) is 0 Å². The average molecular weight is 313 g/mol. The van der Waals surface area contributed by atoms with Crippen LogP contribution >= 0.6 is 11.6 Å². The van der Waals surface area contributed by atoms with Crippen molar-refractivity contribution in [3.8, 4) is 0 Å². The molecule has 114 valence electrons. The van der Waals surface area contributed by atoms with Gasteiger partial charge in [-0.05, 0) is 31.0 Å². The van der Waals surface area contributed by atoms with Crippen LogP contribution in [0.15, 0.2) is 24.3 Å². The predicted molar refractivity (Wildman–Crippen MR) is 78.4 cm³/mol. The molecule has 1 aliphatic heterocycles. The quantitative estimate of drug-likeness (QED) is 0.873. The molecule has 3 N–H and O–H groups in total. The summed E-state index contributed by atoms with van der Waals surface area (Å²) in [7, 11) is 0. The molecule has 1 amide bonds. The molecule has 1 aromatic rings. The normalized spacial score (nSPS) is 17.2. The van der Waals surface area contributed by atoms with Crippen molar-refractivity contribution in [1.29, 1.82) is 0 Å². The lowest BCUT2D eigenvalue weighted by atomic mass is 9.89. The molecule has 0 aromatic heterocycles. The number of aliphatic carboxylic acids is 1. The molecule has 0 saturated carbocycles. The van der Waals surface area contributed by atoms with Crippen LogP contribution in [0.3, 0.4) is 0 Å². The molecule has 0 atom stereocenters. The highest BCUT2D eigenvalue weighted by atomic mass is 35.5. The number of carboxylic acid groups (broad SMARTS) is 1. The van der Waals surface area contributed by atoms with E-state index in [1.54, 1.807) is 24.3 Å². The standard InChI is InChI=1S/C14H17ClN2O4/c15-10-2-1-3-11(8-10)17(9-12(18)19)13(20)14(16)4-6-21-7-5-14/h1-3,8H,4-7,9,16H2,(H,18,19). The Hall–Kier alpha value is -1.63. The second-order valence-corrected chi connectivity index (χ2v) is 5.47. The number of benzene rings is 1. The molecule has 1 aliphatic rings. The van der Waals surface area contributed by atoms with Gasteiger partial charge in [0.1, 0.15) is 12.1 Å². The number of amides is 1. The Labute approximate surface area is 127 Å². The van der Waals surface area contributed by atoms with E-state index in [4.69, 9.17) is 27.2 Å². The second-order valence-electron chi connectivity index (χ2n) is 5.03. The van der Waals surface area contributed by atoms with E-state index in [1.165, 1.54) is 4.90 Å². The van der Waals surface area contributed by atoms with E-state index >= 15 is 0 Å². The van der Waals surface area contributed by atoms with Gasteiger partial charge in [-0.2, -0.15) is 0 Å². The number of nitrogens with zero attached hydrogens (tertiary/aromatic N) is 1. The van der Waals surface area contributed by atoms with Crippen LogP contribution in [0.2, 0.25) is 5.02 Å². The molecule has 1 fully saturated rings. The van der Waals surface area contributed by atoms with Crippen LogP contribution in [-0.2, 0) is 14.3 Å². The number of hydrogen-bond acceptors (Lipinski definition) is 4. The highest BCUT2D eigenvalue weighted by Gasteiger charge is 2.40. The van der Waals surface area contributed by atoms with E-state index in [0.717, 1.165) is 0 Å². The maximum absolute atomic E-state index is 12.7. The van der Waals surface area contributed by atoms with Gasteiger partial charge in [0.2, 0.25) is 5.91 Å². The lowest BCUT2D eigenvalue weighted by Crippen LogP contribution is -2.59. The number of hydrogen-bond donors (Lipinski definition) is 2. The van der Waals surface area contributed by atoms with Crippen LogP contribution < -0.4 is 10.6 Å². The van der Waals surface area contributed by atoms with E-state index in [1.807, 2.05) is 0 Å². The summed E-state index contributed by atoms with van der Waals surface area (Å²) in [5.41, 5.74) is 5.48. The molecular formula is C14H17ClN2O4. The second kappa shape index (κ2) is 6.43. The molecular weight excluding hydrogens is 296 g/mol. The number of carbonyl (C=O) groups excluding carboxylic acids is 1. The Morgan fingerprint density at radius 1 is 1.38 bits per heavy atom. The van der Waals surface area contributed by atoms with Crippen molar-refractivity contribution in [3.63, 3.8) is 0 Å². The lowest BCUT2D eigenvalue weighted by Gasteiger charge is -2.36. The first kappa shape index (κ1) is 15.8. The Morgan fingerprint density at radius 2 is 2.05 bits per heavy atom. The Bertz CT molecular complexity index is 544. The smallest absolute Gasteiger partial charge is 0.323 e. The molecule has 1 aromatic carbocycles. The molecule has 2 rings (SSSR count). The third-order valence-electron chi connectivity index (χ3n) is 3.47. The lowest BCUT2D eigenvalue weighted by molar-refractivity contribution is -0.137. The van der Waals surface area contributed by atoms with Gasteiger partial charge in [-0.25, -0.2) is 0 Å². The highest BCUT2D eigenvalue weighted by molar-refractivity contribution is 6.31. The minimum atomic E-state index is -1.11. The van der Waals surface area contributed by atoms with Crippen molar-refractivity contribution in [2.24, 2.45) is 5.73 Å². The monoisotopic (exact) mass is 312 g/mol. The van der Waals surface area contributed by atoms with Crippen LogP contribution in [0, 0.1) is 0 Å². The molecule has 0 spiro atoms. The van der Waals surface area contributed by atoms with E-state index in [2.05, 4.69) is 0 Å². The first-order valence-electron chi connectivity index (χ1n) is 6.58. The van der Waals surface area contributed by atoms with Crippen LogP contribution in [0.25, 0.3) is 0 Å². The summed E-state index contributed by atoms with van der Waals surface area (Å²) in [6, 6.07) is 6.49. The van der Waals surface area contributed by atoms with Crippen molar-refractivity contribution >= 4 is 29.2 Å². The van der Waals surface area contributed by atoms with Gasteiger partial charge in [0.25, 0.3) is 0 Å². The minimum absolute atomic E-state index is 0.364. The highest BCUT2D eigenvalue weighted by Crippen LogP contribution is 2.26. The maximum atomic E-state index is 12.7. The molecule has 1 heterocycles. The molecule has 0 bridgehead atoms. The predicted octanol–water partition coefficient (Wildman–Crippen LogP) is 1.27. The summed E-state index contributed by atoms with van der Waals surface area (Å²) in [4.78, 5) is 24.9. The topological polar surface area (TPSA) is 92.9 Å². The van der Waals surface area contributed by atoms with Crippen molar-refractivity contribution in [3.05, 3.63) is 29.3 Å². The minimum Gasteiger partial charge on any atom is -0.480 e. The van der Waals surface area contributed by atoms with Crippen molar-refractivity contribution in [2.75, 3.05) is 24.7 Å². The number of nitrogens with two attached hydrogens (primary N) is 1. The molecule has 0 radical (unpaired) electrons. The summed E-state index contributed by atoms with van der Waals surface area (Å²) >= 11 is 5.91. The number of carbonyl (C=O) groups is 2. The van der Waals surface area contributed by atoms with Gasteiger partial charge in [0, 0.05) is 23.9 Å². The SMILES string of the molecule is NC1(C(=O)N(CC(=O)O)c2cccc(Cl)c2)CCOCC1. The van der Waals surface area contributed by atoms with Gasteiger partial charge < -0.3 is 15.6 Å². The largest absolute Gasteiger partial charge is 0.480 e. The fourth-order valence-corrected chi connectivity index (χ4v) is 2.46. The van der Waals surface area contributed by atoms with Crippen molar-refractivity contribution < 1.29 is 19.4 Å². The van der Waals surface area contributed by atoms with E-state index in [0.29, 0.717) is 36.8 Å². The van der Waals surface area contributed by atoms with Gasteiger partial charge in [-0.1, -0.05) is 17.7 Å². The van der Waals surface area contributed by atoms with Crippen LogP contribution in [0.4, 0.5) is 5.69 Å². The zero-order valence-electron chi connectivity index (χ0n) is 11.4. The third-order valence-corrected chi connectivity index (χ3v) is 3.70. The molecule has 1 saturated heterocycles. The fourth-order valence-electron chi connectivity index (χ4n) is 2.28. The number of rotatable bonds is 4. The number of carboxylic acids is 1. The Balaban J connectivity index is 2.31. The maximum Gasteiger partial charge on any atom is 0.323 e. The fraction of sp³-hybridized carbons (Fsp3) is 0.429. The summed E-state index contributed by atoms with van der Waals surface area (Å²) < 4.78 is 5.21. The molecule has 6 nitrogen and oxygen atoms in total. The van der Waals surface area contributed by atoms with E-state index < -0.39 is 24.0 Å².